The molecule has 1 aromatic heterocycles. The molecule has 10 heteroatoms. The van der Waals surface area contributed by atoms with E-state index in [0.29, 0.717) is 38.8 Å². The Bertz CT molecular complexity index is 1420. The predicted octanol–water partition coefficient (Wildman–Crippen LogP) is 3.59. The lowest BCUT2D eigenvalue weighted by molar-refractivity contribution is 0.355. The Morgan fingerprint density at radius 3 is 2.47 bits per heavy atom. The summed E-state index contributed by atoms with van der Waals surface area (Å²) in [6.45, 7) is 0. The van der Waals surface area contributed by atoms with Crippen LogP contribution in [0.4, 0.5) is 0 Å². The molecule has 1 unspecified atom stereocenters. The molecule has 8 nitrogen and oxygen atoms in total. The van der Waals surface area contributed by atoms with E-state index in [1.807, 2.05) is 18.2 Å². The van der Waals surface area contributed by atoms with Crippen LogP contribution in [0.2, 0.25) is 5.02 Å². The predicted molar refractivity (Wildman–Crippen MR) is 122 cm³/mol. The molecule has 5 rings (SSSR count). The summed E-state index contributed by atoms with van der Waals surface area (Å²) in [5, 5.41) is 19.0. The maximum Gasteiger partial charge on any atom is 0.278 e. The van der Waals surface area contributed by atoms with Crippen molar-refractivity contribution in [1.82, 2.24) is 9.55 Å². The first kappa shape index (κ1) is 20.3. The molecule has 2 aromatic carbocycles. The van der Waals surface area contributed by atoms with Gasteiger partial charge in [-0.15, -0.1) is 5.10 Å². The lowest BCUT2D eigenvalue weighted by Gasteiger charge is -2.11. The number of nitriles is 1. The first-order valence-electron chi connectivity index (χ1n) is 9.43. The molecule has 0 amide bonds. The van der Waals surface area contributed by atoms with Gasteiger partial charge in [0, 0.05) is 10.6 Å². The van der Waals surface area contributed by atoms with Crippen LogP contribution in [0, 0.1) is 11.3 Å². The highest BCUT2D eigenvalue weighted by molar-refractivity contribution is 8.01. The van der Waals surface area contributed by atoms with E-state index in [1.54, 1.807) is 30.3 Å². The molecule has 2 aliphatic rings. The maximum absolute atomic E-state index is 13.3. The lowest BCUT2D eigenvalue weighted by atomic mass is 10.1. The lowest BCUT2D eigenvalue weighted by Crippen LogP contribution is -2.33. The van der Waals surface area contributed by atoms with Gasteiger partial charge in [-0.1, -0.05) is 35.5 Å². The second-order valence-corrected chi connectivity index (χ2v) is 8.40. The van der Waals surface area contributed by atoms with Crippen molar-refractivity contribution < 1.29 is 9.47 Å². The van der Waals surface area contributed by atoms with Gasteiger partial charge in [-0.25, -0.2) is 9.55 Å². The van der Waals surface area contributed by atoms with Crippen molar-refractivity contribution in [2.24, 2.45) is 10.2 Å². The average Bonchev–Trinajstić information content (AvgIpc) is 3.38. The summed E-state index contributed by atoms with van der Waals surface area (Å²) < 4.78 is 12.0. The monoisotopic (exact) mass is 463 g/mol. The zero-order chi connectivity index (χ0) is 22.4. The number of halogens is 1. The summed E-state index contributed by atoms with van der Waals surface area (Å²) in [5.41, 5.74) is 1.85. The van der Waals surface area contributed by atoms with E-state index >= 15 is 0 Å². The number of nitrogens with zero attached hydrogens (tertiary/aromatic N) is 5. The summed E-state index contributed by atoms with van der Waals surface area (Å²) in [7, 11) is 3.05. The quantitative estimate of drug-likeness (QED) is 0.548. The Balaban J connectivity index is 1.60. The Kier molecular flexibility index (Phi) is 4.96. The molecule has 0 bridgehead atoms. The minimum absolute atomic E-state index is 0.0788. The van der Waals surface area contributed by atoms with E-state index in [1.165, 1.54) is 30.5 Å². The fraction of sp³-hybridized carbons (Fsp3) is 0.136. The van der Waals surface area contributed by atoms with Crippen molar-refractivity contribution >= 4 is 34.9 Å². The van der Waals surface area contributed by atoms with E-state index in [2.05, 4.69) is 15.2 Å². The van der Waals surface area contributed by atoms with E-state index in [0.717, 1.165) is 5.56 Å². The van der Waals surface area contributed by atoms with Gasteiger partial charge in [-0.3, -0.25) is 4.79 Å². The highest BCUT2D eigenvalue weighted by Gasteiger charge is 2.40. The van der Waals surface area contributed by atoms with Gasteiger partial charge in [0.2, 0.25) is 0 Å². The van der Waals surface area contributed by atoms with E-state index in [4.69, 9.17) is 21.1 Å². The topological polar surface area (TPSA) is 102 Å². The number of hydrogen-bond acceptors (Lipinski definition) is 8. The van der Waals surface area contributed by atoms with Crippen molar-refractivity contribution in [3.8, 4) is 28.8 Å². The Morgan fingerprint density at radius 1 is 1.06 bits per heavy atom. The normalized spacial score (nSPS) is 16.0. The van der Waals surface area contributed by atoms with Gasteiger partial charge < -0.3 is 9.47 Å². The van der Waals surface area contributed by atoms with E-state index < -0.39 is 5.56 Å². The summed E-state index contributed by atoms with van der Waals surface area (Å²) >= 11 is 7.36. The van der Waals surface area contributed by atoms with Crippen LogP contribution in [0.5, 0.6) is 11.5 Å². The van der Waals surface area contributed by atoms with E-state index in [-0.39, 0.29) is 16.5 Å². The van der Waals surface area contributed by atoms with Crippen molar-refractivity contribution in [3.63, 3.8) is 0 Å². The third-order valence-corrected chi connectivity index (χ3v) is 6.56. The molecule has 0 saturated heterocycles. The largest absolute Gasteiger partial charge is 0.493 e. The van der Waals surface area contributed by atoms with Gasteiger partial charge in [-0.05, 0) is 35.9 Å². The molecule has 0 fully saturated rings. The fourth-order valence-electron chi connectivity index (χ4n) is 3.61. The maximum atomic E-state index is 13.3. The molecule has 158 valence electrons. The van der Waals surface area contributed by atoms with Crippen LogP contribution in [0.3, 0.4) is 0 Å². The Morgan fingerprint density at radius 2 is 1.78 bits per heavy atom. The van der Waals surface area contributed by atoms with Crippen LogP contribution in [0.15, 0.2) is 62.6 Å². The number of aromatic nitrogens is 2. The standard InChI is InChI=1S/C22H14ClN5O3S/c1-30-15-8-5-12(9-16(15)31-2)17-14(10-24)21(29)28-20-19(32-22(28)25-17)18(26-27-20)11-3-6-13(23)7-4-11/h3-9,19H,1-2H3. The zero-order valence-electron chi connectivity index (χ0n) is 16.9. The number of ether oxygens (including phenoxy) is 2. The second-order valence-electron chi connectivity index (χ2n) is 6.89. The van der Waals surface area contributed by atoms with Crippen molar-refractivity contribution in [3.05, 3.63) is 69.0 Å². The molecule has 0 spiro atoms. The van der Waals surface area contributed by atoms with Gasteiger partial charge >= 0.3 is 0 Å². The highest BCUT2D eigenvalue weighted by Crippen LogP contribution is 2.38. The summed E-state index contributed by atoms with van der Waals surface area (Å²) in [6.07, 6.45) is 0. The van der Waals surface area contributed by atoms with Crippen molar-refractivity contribution in [1.29, 1.82) is 5.26 Å². The fourth-order valence-corrected chi connectivity index (χ4v) is 4.93. The number of fused-ring (bicyclic) bond motifs is 3. The van der Waals surface area contributed by atoms with Crippen LogP contribution in [0.1, 0.15) is 11.1 Å². The highest BCUT2D eigenvalue weighted by atomic mass is 35.5. The first-order valence-corrected chi connectivity index (χ1v) is 10.7. The minimum Gasteiger partial charge on any atom is -0.493 e. The van der Waals surface area contributed by atoms with Crippen molar-refractivity contribution in [2.75, 3.05) is 14.2 Å². The molecule has 3 aromatic rings. The summed E-state index contributed by atoms with van der Waals surface area (Å²) in [4.78, 5) is 17.9. The third-order valence-electron chi connectivity index (χ3n) is 5.16. The van der Waals surface area contributed by atoms with Gasteiger partial charge in [0.25, 0.3) is 5.56 Å². The number of methoxy groups -OCH3 is 2. The molecule has 1 atom stereocenters. The van der Waals surface area contributed by atoms with Gasteiger partial charge in [0.1, 0.15) is 16.9 Å². The van der Waals surface area contributed by atoms with Gasteiger partial charge in [0.05, 0.1) is 25.6 Å². The molecule has 0 radical (unpaired) electrons. The first-order chi connectivity index (χ1) is 15.5. The molecule has 2 aliphatic heterocycles. The Labute approximate surface area is 191 Å². The second kappa shape index (κ2) is 7.82. The molecule has 0 aliphatic carbocycles. The molecular weight excluding hydrogens is 450 g/mol. The molecule has 0 N–H and O–H groups in total. The smallest absolute Gasteiger partial charge is 0.278 e. The summed E-state index contributed by atoms with van der Waals surface area (Å²) in [5.74, 6) is 1.46. The average molecular weight is 464 g/mol. The zero-order valence-corrected chi connectivity index (χ0v) is 18.4. The molecule has 3 heterocycles. The SMILES string of the molecule is COc1ccc(-c2nc3n(c(=O)c2C#N)C2=NN=C(c4ccc(Cl)cc4)C2S3)cc1OC. The number of hydrogen-bond donors (Lipinski definition) is 0. The number of thioether (sulfide) groups is 1. The van der Waals surface area contributed by atoms with Gasteiger partial charge in [-0.2, -0.15) is 10.4 Å². The molecule has 0 saturated carbocycles. The number of benzene rings is 2. The van der Waals surface area contributed by atoms with Crippen LogP contribution in [-0.2, 0) is 0 Å². The summed E-state index contributed by atoms with van der Waals surface area (Å²) in [6, 6.07) is 14.4. The van der Waals surface area contributed by atoms with Crippen LogP contribution in [-0.4, -0.2) is 40.6 Å². The number of rotatable bonds is 4. The van der Waals surface area contributed by atoms with Gasteiger partial charge in [0.15, 0.2) is 22.5 Å². The van der Waals surface area contributed by atoms with Crippen LogP contribution >= 0.6 is 23.4 Å². The minimum atomic E-state index is -0.483. The van der Waals surface area contributed by atoms with Crippen LogP contribution < -0.4 is 15.0 Å². The third kappa shape index (κ3) is 3.07. The van der Waals surface area contributed by atoms with Crippen LogP contribution in [0.25, 0.3) is 11.3 Å². The molecule has 32 heavy (non-hydrogen) atoms. The van der Waals surface area contributed by atoms with E-state index in [9.17, 15) is 10.1 Å². The molecular formula is C22H14ClN5O3S. The Hall–Kier alpha value is -3.61. The van der Waals surface area contributed by atoms with Crippen molar-refractivity contribution in [2.45, 2.75) is 10.4 Å².